The van der Waals surface area contributed by atoms with Crippen molar-refractivity contribution in [2.75, 3.05) is 18.0 Å². The number of nitro groups is 1. The maximum absolute atomic E-state index is 11.9. The van der Waals surface area contributed by atoms with Gasteiger partial charge in [-0.25, -0.2) is 9.78 Å². The van der Waals surface area contributed by atoms with Gasteiger partial charge in [0.25, 0.3) is 5.91 Å². The van der Waals surface area contributed by atoms with Crippen molar-refractivity contribution < 1.29 is 14.5 Å². The van der Waals surface area contributed by atoms with E-state index in [1.165, 1.54) is 6.20 Å². The molecular formula is C12H15N5O4S. The molecule has 0 bridgehead atoms. The summed E-state index contributed by atoms with van der Waals surface area (Å²) in [4.78, 5) is 39.6. The van der Waals surface area contributed by atoms with E-state index in [1.807, 2.05) is 4.90 Å². The summed E-state index contributed by atoms with van der Waals surface area (Å²) in [6.45, 7) is 3.03. The highest BCUT2D eigenvalue weighted by Crippen LogP contribution is 2.35. The van der Waals surface area contributed by atoms with Crippen LogP contribution in [0.15, 0.2) is 6.20 Å². The number of aromatic nitrogens is 1. The lowest BCUT2D eigenvalue weighted by molar-refractivity contribution is -0.380. The van der Waals surface area contributed by atoms with Gasteiger partial charge in [0.05, 0.1) is 4.92 Å². The van der Waals surface area contributed by atoms with Crippen molar-refractivity contribution in [3.63, 3.8) is 0 Å². The number of anilines is 1. The number of carbonyl (C=O) groups excluding carboxylic acids is 2. The molecule has 2 aliphatic heterocycles. The molecule has 3 heterocycles. The minimum absolute atomic E-state index is 0.0199. The lowest BCUT2D eigenvalue weighted by atomic mass is 9.79. The van der Waals surface area contributed by atoms with Crippen LogP contribution in [0.25, 0.3) is 0 Å². The Hall–Kier alpha value is -2.23. The number of imide groups is 1. The predicted molar refractivity (Wildman–Crippen MR) is 78.8 cm³/mol. The zero-order chi connectivity index (χ0) is 15.9. The second kappa shape index (κ2) is 5.20. The average Bonchev–Trinajstić information content (AvgIpc) is 3.05. The van der Waals surface area contributed by atoms with Gasteiger partial charge in [0.1, 0.15) is 11.7 Å². The molecular weight excluding hydrogens is 310 g/mol. The van der Waals surface area contributed by atoms with Crippen LogP contribution in [-0.4, -0.2) is 40.5 Å². The summed E-state index contributed by atoms with van der Waals surface area (Å²) >= 11 is 1.05. The summed E-state index contributed by atoms with van der Waals surface area (Å²) in [5.74, 6) is -0.258. The first-order valence-electron chi connectivity index (χ1n) is 6.89. The third-order valence-electron chi connectivity index (χ3n) is 4.32. The predicted octanol–water partition coefficient (Wildman–Crippen LogP) is 0.866. The Morgan fingerprint density at radius 3 is 2.64 bits per heavy atom. The molecule has 9 nitrogen and oxygen atoms in total. The normalized spacial score (nSPS) is 26.0. The maximum Gasteiger partial charge on any atom is 0.345 e. The molecule has 118 valence electrons. The highest BCUT2D eigenvalue weighted by atomic mass is 32.1. The van der Waals surface area contributed by atoms with E-state index in [2.05, 4.69) is 15.6 Å². The van der Waals surface area contributed by atoms with Gasteiger partial charge >= 0.3 is 11.0 Å². The van der Waals surface area contributed by atoms with Gasteiger partial charge < -0.3 is 10.2 Å². The molecule has 0 radical (unpaired) electrons. The molecule has 3 rings (SSSR count). The van der Waals surface area contributed by atoms with Crippen LogP contribution in [-0.2, 0) is 4.79 Å². The van der Waals surface area contributed by atoms with E-state index in [1.54, 1.807) is 6.92 Å². The maximum atomic E-state index is 11.9. The van der Waals surface area contributed by atoms with Crippen molar-refractivity contribution in [2.45, 2.75) is 25.3 Å². The van der Waals surface area contributed by atoms with Crippen molar-refractivity contribution >= 4 is 33.4 Å². The molecule has 3 amide bonds. The molecule has 10 heteroatoms. The zero-order valence-corrected chi connectivity index (χ0v) is 12.7. The van der Waals surface area contributed by atoms with Gasteiger partial charge in [0.15, 0.2) is 5.13 Å². The van der Waals surface area contributed by atoms with Crippen LogP contribution < -0.4 is 15.5 Å². The zero-order valence-electron chi connectivity index (χ0n) is 11.9. The first kappa shape index (κ1) is 14.7. The number of hydrogen-bond donors (Lipinski definition) is 2. The van der Waals surface area contributed by atoms with Crippen molar-refractivity contribution in [1.82, 2.24) is 15.6 Å². The van der Waals surface area contributed by atoms with Crippen LogP contribution in [0.3, 0.4) is 0 Å². The Labute approximate surface area is 129 Å². The van der Waals surface area contributed by atoms with E-state index >= 15 is 0 Å². The summed E-state index contributed by atoms with van der Waals surface area (Å²) in [7, 11) is 0. The molecule has 0 unspecified atom stereocenters. The Kier molecular flexibility index (Phi) is 3.47. The number of carbonyl (C=O) groups is 2. The topological polar surface area (TPSA) is 117 Å². The molecule has 1 aromatic heterocycles. The number of thiazole rings is 1. The molecule has 1 aromatic rings. The molecule has 0 aliphatic carbocycles. The minimum atomic E-state index is -0.877. The summed E-state index contributed by atoms with van der Waals surface area (Å²) in [6, 6.07) is -0.453. The first-order chi connectivity index (χ1) is 10.4. The number of hydrogen-bond acceptors (Lipinski definition) is 7. The second-order valence-electron chi connectivity index (χ2n) is 5.61. The average molecular weight is 325 g/mol. The Balaban J connectivity index is 1.66. The number of amides is 3. The van der Waals surface area contributed by atoms with Crippen LogP contribution in [0.4, 0.5) is 14.9 Å². The standard InChI is InChI=1S/C12H15N5O4S/c1-12(9(18)14-10(19)15-12)7-2-4-16(5-3-7)11-13-6-8(22-11)17(20)21/h6-7H,2-5H2,1H3,(H2,14,15,18,19)/t12-/m0/s1. The molecule has 0 saturated carbocycles. The van der Waals surface area contributed by atoms with Gasteiger partial charge in [0, 0.05) is 13.1 Å². The van der Waals surface area contributed by atoms with Gasteiger partial charge in [-0.3, -0.25) is 20.2 Å². The Bertz CT molecular complexity index is 639. The number of urea groups is 1. The van der Waals surface area contributed by atoms with E-state index in [4.69, 9.17) is 0 Å². The lowest BCUT2D eigenvalue weighted by Gasteiger charge is -2.38. The fourth-order valence-corrected chi connectivity index (χ4v) is 3.76. The van der Waals surface area contributed by atoms with Crippen LogP contribution >= 0.6 is 11.3 Å². The van der Waals surface area contributed by atoms with E-state index in [0.29, 0.717) is 31.1 Å². The SMILES string of the molecule is C[C@@]1(C2CCN(c3ncc([N+](=O)[O-])s3)CC2)NC(=O)NC1=O. The highest BCUT2D eigenvalue weighted by Gasteiger charge is 2.48. The quantitative estimate of drug-likeness (QED) is 0.483. The third-order valence-corrected chi connectivity index (χ3v) is 5.32. The fourth-order valence-electron chi connectivity index (χ4n) is 2.98. The van der Waals surface area contributed by atoms with Crippen LogP contribution in [0.2, 0.25) is 0 Å². The van der Waals surface area contributed by atoms with Gasteiger partial charge in [-0.1, -0.05) is 0 Å². The summed E-state index contributed by atoms with van der Waals surface area (Å²) < 4.78 is 0. The minimum Gasteiger partial charge on any atom is -0.348 e. The number of piperidine rings is 1. The highest BCUT2D eigenvalue weighted by molar-refractivity contribution is 7.18. The molecule has 0 aromatic carbocycles. The van der Waals surface area contributed by atoms with E-state index < -0.39 is 16.5 Å². The summed E-state index contributed by atoms with van der Waals surface area (Å²) in [6.07, 6.45) is 2.67. The molecule has 2 saturated heterocycles. The van der Waals surface area contributed by atoms with Gasteiger partial charge in [0.2, 0.25) is 0 Å². The third kappa shape index (κ3) is 2.39. The second-order valence-corrected chi connectivity index (χ2v) is 6.60. The van der Waals surface area contributed by atoms with Gasteiger partial charge in [-0.2, -0.15) is 0 Å². The van der Waals surface area contributed by atoms with Gasteiger partial charge in [-0.15, -0.1) is 0 Å². The molecule has 0 spiro atoms. The fraction of sp³-hybridized carbons (Fsp3) is 0.583. The largest absolute Gasteiger partial charge is 0.348 e. The smallest absolute Gasteiger partial charge is 0.345 e. The van der Waals surface area contributed by atoms with Crippen molar-refractivity contribution in [1.29, 1.82) is 0 Å². The number of rotatable bonds is 3. The van der Waals surface area contributed by atoms with Crippen molar-refractivity contribution in [2.24, 2.45) is 5.92 Å². The number of nitrogens with zero attached hydrogens (tertiary/aromatic N) is 3. The molecule has 1 atom stereocenters. The first-order valence-corrected chi connectivity index (χ1v) is 7.70. The van der Waals surface area contributed by atoms with E-state index in [-0.39, 0.29) is 16.8 Å². The summed E-state index contributed by atoms with van der Waals surface area (Å²) in [5.41, 5.74) is -0.877. The Morgan fingerprint density at radius 2 is 2.14 bits per heavy atom. The van der Waals surface area contributed by atoms with Crippen LogP contribution in [0.5, 0.6) is 0 Å². The van der Waals surface area contributed by atoms with Crippen molar-refractivity contribution in [3.8, 4) is 0 Å². The van der Waals surface area contributed by atoms with E-state index in [9.17, 15) is 19.7 Å². The molecule has 22 heavy (non-hydrogen) atoms. The summed E-state index contributed by atoms with van der Waals surface area (Å²) in [5, 5.41) is 16.3. The van der Waals surface area contributed by atoms with Crippen molar-refractivity contribution in [3.05, 3.63) is 16.3 Å². The number of nitrogens with one attached hydrogen (secondary N) is 2. The molecule has 2 aliphatic rings. The lowest BCUT2D eigenvalue weighted by Crippen LogP contribution is -2.53. The molecule has 2 N–H and O–H groups in total. The van der Waals surface area contributed by atoms with Crippen LogP contribution in [0, 0.1) is 16.0 Å². The Morgan fingerprint density at radius 1 is 1.45 bits per heavy atom. The molecule has 2 fully saturated rings. The monoisotopic (exact) mass is 325 g/mol. The van der Waals surface area contributed by atoms with Crippen LogP contribution in [0.1, 0.15) is 19.8 Å². The van der Waals surface area contributed by atoms with E-state index in [0.717, 1.165) is 11.3 Å². The van der Waals surface area contributed by atoms with Gasteiger partial charge in [-0.05, 0) is 37.0 Å².